The van der Waals surface area contributed by atoms with E-state index in [0.717, 1.165) is 56.9 Å². The van der Waals surface area contributed by atoms with Crippen molar-refractivity contribution in [1.82, 2.24) is 9.80 Å². The van der Waals surface area contributed by atoms with Gasteiger partial charge in [0.25, 0.3) is 0 Å². The first-order chi connectivity index (χ1) is 15.0. The van der Waals surface area contributed by atoms with Crippen molar-refractivity contribution in [1.29, 1.82) is 0 Å². The highest BCUT2D eigenvalue weighted by Gasteiger charge is 2.45. The first-order valence-corrected chi connectivity index (χ1v) is 12.3. The molecule has 0 radical (unpaired) electrons. The van der Waals surface area contributed by atoms with Crippen LogP contribution in [-0.4, -0.2) is 48.4 Å². The highest BCUT2D eigenvalue weighted by molar-refractivity contribution is 6.29. The maximum absolute atomic E-state index is 6.40. The van der Waals surface area contributed by atoms with Gasteiger partial charge < -0.3 is 4.90 Å². The van der Waals surface area contributed by atoms with Gasteiger partial charge in [-0.05, 0) is 56.2 Å². The summed E-state index contributed by atoms with van der Waals surface area (Å²) in [6, 6.07) is 6.84. The number of nitrogens with zero attached hydrogens (tertiary/aromatic N) is 3. The summed E-state index contributed by atoms with van der Waals surface area (Å²) in [7, 11) is 0. The molecule has 4 heteroatoms. The standard InChI is InChI=1S/C27H34ClN3/c1-4-20(3)27(9-10-27)18-30-11-13-31(14-12-30)26-24-7-5-19(2)15-21(24)16-22-17-23(28)6-8-25(22)29-26/h5,7,15,17H,3-4,6,8-14,16,18H2,1-2H3. The SMILES string of the molecule is C=C(CC)C1(CN2CCN(C3=NC4=C(C=C(Cl)CC4)Cc4cc(C)ccc43)CC2)CC1. The summed E-state index contributed by atoms with van der Waals surface area (Å²) in [4.78, 5) is 10.4. The molecule has 31 heavy (non-hydrogen) atoms. The summed E-state index contributed by atoms with van der Waals surface area (Å²) < 4.78 is 0. The lowest BCUT2D eigenvalue weighted by atomic mass is 9.94. The highest BCUT2D eigenvalue weighted by atomic mass is 35.5. The van der Waals surface area contributed by atoms with Crippen LogP contribution in [0.1, 0.15) is 55.7 Å². The summed E-state index contributed by atoms with van der Waals surface area (Å²) in [6.45, 7) is 14.3. The van der Waals surface area contributed by atoms with Crippen LogP contribution in [0.3, 0.4) is 0 Å². The second-order valence-electron chi connectivity index (χ2n) is 9.84. The summed E-state index contributed by atoms with van der Waals surface area (Å²) in [5, 5.41) is 0.961. The Morgan fingerprint density at radius 3 is 2.65 bits per heavy atom. The number of benzene rings is 1. The zero-order valence-electron chi connectivity index (χ0n) is 19.0. The molecule has 0 aromatic heterocycles. The molecule has 2 aliphatic carbocycles. The summed E-state index contributed by atoms with van der Waals surface area (Å²) in [5.74, 6) is 1.17. The molecule has 2 fully saturated rings. The molecule has 164 valence electrons. The number of allylic oxidation sites excluding steroid dienone is 4. The number of amidine groups is 1. The van der Waals surface area contributed by atoms with Crippen molar-refractivity contribution in [3.05, 3.63) is 69.4 Å². The third-order valence-corrected chi connectivity index (χ3v) is 7.95. The molecule has 0 atom stereocenters. The summed E-state index contributed by atoms with van der Waals surface area (Å²) in [5.41, 5.74) is 8.38. The van der Waals surface area contributed by atoms with Crippen LogP contribution in [0, 0.1) is 12.3 Å². The van der Waals surface area contributed by atoms with Crippen molar-refractivity contribution < 1.29 is 0 Å². The smallest absolute Gasteiger partial charge is 0.136 e. The van der Waals surface area contributed by atoms with Crippen LogP contribution >= 0.6 is 11.6 Å². The van der Waals surface area contributed by atoms with Gasteiger partial charge in [-0.2, -0.15) is 0 Å². The lowest BCUT2D eigenvalue weighted by Gasteiger charge is -2.38. The van der Waals surface area contributed by atoms with E-state index in [-0.39, 0.29) is 0 Å². The largest absolute Gasteiger partial charge is 0.354 e. The Morgan fingerprint density at radius 1 is 1.16 bits per heavy atom. The second kappa shape index (κ2) is 8.26. The molecular weight excluding hydrogens is 402 g/mol. The minimum Gasteiger partial charge on any atom is -0.354 e. The van der Waals surface area contributed by atoms with Crippen molar-refractivity contribution in [3.63, 3.8) is 0 Å². The van der Waals surface area contributed by atoms with Crippen LogP contribution < -0.4 is 0 Å². The number of hydrogen-bond donors (Lipinski definition) is 0. The molecule has 0 spiro atoms. The Balaban J connectivity index is 1.38. The molecule has 4 aliphatic rings. The molecule has 0 N–H and O–H groups in total. The van der Waals surface area contributed by atoms with Crippen LogP contribution in [-0.2, 0) is 6.42 Å². The number of halogens is 1. The normalized spacial score (nSPS) is 22.9. The van der Waals surface area contributed by atoms with Crippen molar-refractivity contribution >= 4 is 17.4 Å². The quantitative estimate of drug-likeness (QED) is 0.554. The molecule has 1 saturated carbocycles. The Hall–Kier alpha value is -1.84. The molecule has 1 aromatic carbocycles. The molecule has 3 nitrogen and oxygen atoms in total. The Morgan fingerprint density at radius 2 is 1.94 bits per heavy atom. The number of aliphatic imine (C=N–C) groups is 1. The number of rotatable bonds is 4. The number of piperazine rings is 1. The van der Waals surface area contributed by atoms with Crippen molar-refractivity contribution in [2.24, 2.45) is 10.4 Å². The zero-order valence-corrected chi connectivity index (χ0v) is 19.8. The molecule has 0 amide bonds. The van der Waals surface area contributed by atoms with E-state index in [4.69, 9.17) is 16.6 Å². The minimum atomic E-state index is 0.411. The lowest BCUT2D eigenvalue weighted by molar-refractivity contribution is 0.160. The average Bonchev–Trinajstić information content (AvgIpc) is 3.56. The van der Waals surface area contributed by atoms with Gasteiger partial charge in [-0.15, -0.1) is 0 Å². The fraction of sp³-hybridized carbons (Fsp3) is 0.519. The summed E-state index contributed by atoms with van der Waals surface area (Å²) >= 11 is 6.40. The molecule has 5 rings (SSSR count). The third kappa shape index (κ3) is 4.15. The Kier molecular flexibility index (Phi) is 5.60. The van der Waals surface area contributed by atoms with E-state index in [9.17, 15) is 0 Å². The van der Waals surface area contributed by atoms with E-state index < -0.39 is 0 Å². The van der Waals surface area contributed by atoms with Gasteiger partial charge >= 0.3 is 0 Å². The average molecular weight is 436 g/mol. The van der Waals surface area contributed by atoms with E-state index in [1.54, 1.807) is 0 Å². The van der Waals surface area contributed by atoms with Crippen molar-refractivity contribution in [2.45, 2.75) is 52.4 Å². The fourth-order valence-corrected chi connectivity index (χ4v) is 5.67. The predicted molar refractivity (Wildman–Crippen MR) is 131 cm³/mol. The maximum Gasteiger partial charge on any atom is 0.136 e. The van der Waals surface area contributed by atoms with Crippen LogP contribution in [0.15, 0.2) is 57.7 Å². The van der Waals surface area contributed by atoms with Crippen molar-refractivity contribution in [3.8, 4) is 0 Å². The van der Waals surface area contributed by atoms with Gasteiger partial charge in [0.15, 0.2) is 0 Å². The third-order valence-electron chi connectivity index (χ3n) is 7.65. The fourth-order valence-electron chi connectivity index (χ4n) is 5.44. The molecular formula is C27H34ClN3. The van der Waals surface area contributed by atoms with E-state index in [1.807, 2.05) is 0 Å². The molecule has 2 aliphatic heterocycles. The van der Waals surface area contributed by atoms with Crippen LogP contribution in [0.2, 0.25) is 0 Å². The van der Waals surface area contributed by atoms with Crippen molar-refractivity contribution in [2.75, 3.05) is 32.7 Å². The molecule has 2 heterocycles. The van der Waals surface area contributed by atoms with E-state index in [1.165, 1.54) is 58.8 Å². The first-order valence-electron chi connectivity index (χ1n) is 11.9. The van der Waals surface area contributed by atoms with Gasteiger partial charge in [0, 0.05) is 60.9 Å². The number of hydrogen-bond acceptors (Lipinski definition) is 3. The second-order valence-corrected chi connectivity index (χ2v) is 10.3. The highest BCUT2D eigenvalue weighted by Crippen LogP contribution is 2.52. The molecule has 1 aromatic rings. The Labute approximate surface area is 192 Å². The Bertz CT molecular complexity index is 988. The molecule has 0 unspecified atom stereocenters. The molecule has 0 bridgehead atoms. The predicted octanol–water partition coefficient (Wildman–Crippen LogP) is 5.83. The monoisotopic (exact) mass is 435 g/mol. The number of aryl methyl sites for hydroxylation is 1. The van der Waals surface area contributed by atoms with E-state index in [2.05, 4.69) is 54.5 Å². The molecule has 1 saturated heterocycles. The first kappa shape index (κ1) is 21.0. The summed E-state index contributed by atoms with van der Waals surface area (Å²) in [6.07, 6.45) is 8.71. The lowest BCUT2D eigenvalue weighted by Crippen LogP contribution is -2.50. The topological polar surface area (TPSA) is 18.8 Å². The minimum absolute atomic E-state index is 0.411. The zero-order chi connectivity index (χ0) is 21.6. The van der Waals surface area contributed by atoms with Gasteiger partial charge in [-0.1, -0.05) is 54.4 Å². The van der Waals surface area contributed by atoms with Gasteiger partial charge in [-0.3, -0.25) is 4.90 Å². The van der Waals surface area contributed by atoms with Crippen LogP contribution in [0.5, 0.6) is 0 Å². The van der Waals surface area contributed by atoms with Gasteiger partial charge in [0.1, 0.15) is 5.84 Å². The number of fused-ring (bicyclic) bond motifs is 1. The van der Waals surface area contributed by atoms with Crippen LogP contribution in [0.25, 0.3) is 0 Å². The van der Waals surface area contributed by atoms with Gasteiger partial charge in [0.05, 0.1) is 0 Å². The van der Waals surface area contributed by atoms with Crippen LogP contribution in [0.4, 0.5) is 0 Å². The van der Waals surface area contributed by atoms with E-state index in [0.29, 0.717) is 5.41 Å². The van der Waals surface area contributed by atoms with E-state index >= 15 is 0 Å². The van der Waals surface area contributed by atoms with Gasteiger partial charge in [-0.25, -0.2) is 4.99 Å². The van der Waals surface area contributed by atoms with Gasteiger partial charge in [0.2, 0.25) is 0 Å². The maximum atomic E-state index is 6.40.